The first-order valence-corrected chi connectivity index (χ1v) is 10.8. The van der Waals surface area contributed by atoms with Gasteiger partial charge in [0.15, 0.2) is 0 Å². The highest BCUT2D eigenvalue weighted by Gasteiger charge is 2.08. The molecule has 0 aliphatic carbocycles. The van der Waals surface area contributed by atoms with Gasteiger partial charge in [0.25, 0.3) is 0 Å². The third-order valence-corrected chi connectivity index (χ3v) is 5.11. The highest BCUT2D eigenvalue weighted by atomic mass is 16.5. The smallest absolute Gasteiger partial charge is 0.141 e. The Kier molecular flexibility index (Phi) is 7.16. The number of anilines is 2. The summed E-state index contributed by atoms with van der Waals surface area (Å²) in [4.78, 5) is 10.8. The molecule has 1 heterocycles. The fourth-order valence-corrected chi connectivity index (χ4v) is 3.35. The Labute approximate surface area is 193 Å². The minimum absolute atomic E-state index is 0.124. The Morgan fingerprint density at radius 3 is 2.67 bits per heavy atom. The second-order valence-electron chi connectivity index (χ2n) is 7.74. The van der Waals surface area contributed by atoms with E-state index in [1.54, 1.807) is 6.33 Å². The number of aromatic nitrogens is 2. The predicted molar refractivity (Wildman–Crippen MR) is 132 cm³/mol. The second kappa shape index (κ2) is 10.6. The molecule has 166 valence electrons. The van der Waals surface area contributed by atoms with Gasteiger partial charge >= 0.3 is 0 Å². The summed E-state index contributed by atoms with van der Waals surface area (Å²) in [5, 5.41) is 13.3. The third-order valence-electron chi connectivity index (χ3n) is 5.11. The quantitative estimate of drug-likeness (QED) is 0.406. The van der Waals surface area contributed by atoms with E-state index in [1.807, 2.05) is 85.6 Å². The number of aliphatic hydroxyl groups is 1. The van der Waals surface area contributed by atoms with Crippen LogP contribution in [0.3, 0.4) is 0 Å². The van der Waals surface area contributed by atoms with Gasteiger partial charge in [-0.25, -0.2) is 9.97 Å². The average molecular weight is 439 g/mol. The number of nitrogens with zero attached hydrogens (tertiary/aromatic N) is 3. The number of likely N-dealkylation sites (N-methyl/N-ethyl adjacent to an activating group) is 1. The maximum absolute atomic E-state index is 9.00. The first-order valence-electron chi connectivity index (χ1n) is 10.8. The summed E-state index contributed by atoms with van der Waals surface area (Å²) < 4.78 is 5.98. The van der Waals surface area contributed by atoms with Crippen LogP contribution < -0.4 is 10.1 Å². The van der Waals surface area contributed by atoms with Crippen molar-refractivity contribution in [1.82, 2.24) is 14.9 Å². The lowest BCUT2D eigenvalue weighted by Gasteiger charge is -2.12. The zero-order chi connectivity index (χ0) is 23.0. The lowest BCUT2D eigenvalue weighted by molar-refractivity contribution is 0.234. The van der Waals surface area contributed by atoms with Crippen LogP contribution in [0.4, 0.5) is 11.5 Å². The summed E-state index contributed by atoms with van der Waals surface area (Å²) in [6, 6.07) is 21.6. The van der Waals surface area contributed by atoms with Gasteiger partial charge < -0.3 is 15.2 Å². The van der Waals surface area contributed by atoms with E-state index < -0.39 is 0 Å². The van der Waals surface area contributed by atoms with Gasteiger partial charge in [0.2, 0.25) is 0 Å². The normalized spacial score (nSPS) is 10.7. The number of aryl methyl sites for hydroxylation is 1. The molecule has 6 nitrogen and oxygen atoms in total. The molecular weight excluding hydrogens is 412 g/mol. The molecule has 0 aliphatic rings. The van der Waals surface area contributed by atoms with E-state index in [1.165, 1.54) is 0 Å². The Hall–Kier alpha value is -3.92. The van der Waals surface area contributed by atoms with E-state index in [0.29, 0.717) is 13.1 Å². The molecule has 0 saturated heterocycles. The van der Waals surface area contributed by atoms with Crippen LogP contribution >= 0.6 is 0 Å². The molecule has 3 aromatic carbocycles. The van der Waals surface area contributed by atoms with E-state index >= 15 is 0 Å². The lowest BCUT2D eigenvalue weighted by atomic mass is 10.1. The van der Waals surface area contributed by atoms with Gasteiger partial charge in [0.1, 0.15) is 23.6 Å². The van der Waals surface area contributed by atoms with E-state index in [-0.39, 0.29) is 6.61 Å². The van der Waals surface area contributed by atoms with Crippen molar-refractivity contribution in [3.63, 3.8) is 0 Å². The minimum Gasteiger partial charge on any atom is -0.457 e. The minimum atomic E-state index is 0.124. The number of rotatable bonds is 7. The molecular formula is C27H26N4O2. The van der Waals surface area contributed by atoms with Crippen molar-refractivity contribution >= 4 is 22.4 Å². The molecule has 1 aromatic heterocycles. The van der Waals surface area contributed by atoms with Crippen molar-refractivity contribution in [2.24, 2.45) is 0 Å². The van der Waals surface area contributed by atoms with Crippen LogP contribution in [-0.4, -0.2) is 46.7 Å². The van der Waals surface area contributed by atoms with Gasteiger partial charge in [-0.05, 0) is 68.1 Å². The Balaban J connectivity index is 1.54. The Bertz CT molecular complexity index is 1300. The number of fused-ring (bicyclic) bond motifs is 1. The van der Waals surface area contributed by atoms with E-state index in [4.69, 9.17) is 9.84 Å². The number of nitrogens with one attached hydrogen (secondary N) is 1. The van der Waals surface area contributed by atoms with Crippen LogP contribution in [0.2, 0.25) is 0 Å². The first kappa shape index (κ1) is 22.3. The van der Waals surface area contributed by atoms with Crippen LogP contribution in [0.1, 0.15) is 11.1 Å². The van der Waals surface area contributed by atoms with Crippen molar-refractivity contribution in [1.29, 1.82) is 0 Å². The summed E-state index contributed by atoms with van der Waals surface area (Å²) in [5.74, 6) is 8.66. The van der Waals surface area contributed by atoms with Crippen LogP contribution in [0.5, 0.6) is 11.5 Å². The second-order valence-corrected chi connectivity index (χ2v) is 7.74. The van der Waals surface area contributed by atoms with Crippen molar-refractivity contribution in [3.8, 4) is 23.3 Å². The number of ether oxygens (including phenoxy) is 1. The van der Waals surface area contributed by atoms with Crippen LogP contribution in [0.15, 0.2) is 73.1 Å². The highest BCUT2D eigenvalue weighted by molar-refractivity contribution is 5.91. The zero-order valence-corrected chi connectivity index (χ0v) is 18.7. The van der Waals surface area contributed by atoms with Crippen molar-refractivity contribution in [2.75, 3.05) is 32.1 Å². The maximum atomic E-state index is 9.00. The summed E-state index contributed by atoms with van der Waals surface area (Å²) in [7, 11) is 1.93. The molecule has 0 unspecified atom stereocenters. The number of hydrogen-bond acceptors (Lipinski definition) is 6. The molecule has 6 heteroatoms. The molecule has 0 aliphatic heterocycles. The number of hydrogen-bond donors (Lipinski definition) is 2. The summed E-state index contributed by atoms with van der Waals surface area (Å²) in [6.07, 6.45) is 1.56. The monoisotopic (exact) mass is 438 g/mol. The molecule has 0 fully saturated rings. The summed E-state index contributed by atoms with van der Waals surface area (Å²) in [6.45, 7) is 3.33. The standard InChI is InChI=1S/C27H26N4O2/c1-20-17-22(11-13-26(20)33-23-8-4-3-5-9-23)30-27-24-18-21(7-6-14-31(2)15-16-32)10-12-25(24)28-19-29-27/h3-5,8-13,17-19,32H,14-16H2,1-2H3,(H,28,29,30). The third kappa shape index (κ3) is 5.86. The number of para-hydroxylation sites is 1. The van der Waals surface area contributed by atoms with Crippen molar-refractivity contribution < 1.29 is 9.84 Å². The largest absolute Gasteiger partial charge is 0.457 e. The summed E-state index contributed by atoms with van der Waals surface area (Å²) in [5.41, 5.74) is 3.66. The topological polar surface area (TPSA) is 70.5 Å². The molecule has 2 N–H and O–H groups in total. The number of benzene rings is 3. The average Bonchev–Trinajstić information content (AvgIpc) is 2.82. The molecule has 0 radical (unpaired) electrons. The van der Waals surface area contributed by atoms with Crippen molar-refractivity contribution in [2.45, 2.75) is 6.92 Å². The van der Waals surface area contributed by atoms with E-state index in [0.717, 1.165) is 45.0 Å². The molecule has 0 spiro atoms. The molecule has 0 atom stereocenters. The molecule has 0 amide bonds. The fourth-order valence-electron chi connectivity index (χ4n) is 3.35. The van der Waals surface area contributed by atoms with Gasteiger partial charge in [-0.15, -0.1) is 0 Å². The molecule has 4 rings (SSSR count). The molecule has 33 heavy (non-hydrogen) atoms. The predicted octanol–water partition coefficient (Wildman–Crippen LogP) is 4.75. The van der Waals surface area contributed by atoms with Gasteiger partial charge in [-0.1, -0.05) is 30.0 Å². The van der Waals surface area contributed by atoms with E-state index in [9.17, 15) is 0 Å². The zero-order valence-electron chi connectivity index (χ0n) is 18.7. The molecule has 0 saturated carbocycles. The van der Waals surface area contributed by atoms with Crippen LogP contribution in [-0.2, 0) is 0 Å². The van der Waals surface area contributed by atoms with Gasteiger partial charge in [-0.3, -0.25) is 4.90 Å². The van der Waals surface area contributed by atoms with Gasteiger partial charge in [0.05, 0.1) is 18.7 Å². The van der Waals surface area contributed by atoms with Crippen molar-refractivity contribution in [3.05, 3.63) is 84.2 Å². The van der Waals surface area contributed by atoms with Gasteiger partial charge in [-0.2, -0.15) is 0 Å². The molecule has 0 bridgehead atoms. The van der Waals surface area contributed by atoms with Gasteiger partial charge in [0, 0.05) is 23.2 Å². The number of aliphatic hydroxyl groups excluding tert-OH is 1. The molecule has 4 aromatic rings. The highest BCUT2D eigenvalue weighted by Crippen LogP contribution is 2.29. The lowest BCUT2D eigenvalue weighted by Crippen LogP contribution is -2.22. The van der Waals surface area contributed by atoms with Crippen LogP contribution in [0, 0.1) is 18.8 Å². The fraction of sp³-hybridized carbons (Fsp3) is 0.185. The Morgan fingerprint density at radius 2 is 1.88 bits per heavy atom. The SMILES string of the molecule is Cc1cc(Nc2ncnc3ccc(C#CCN(C)CCO)cc23)ccc1Oc1ccccc1. The van der Waals surface area contributed by atoms with Crippen LogP contribution in [0.25, 0.3) is 10.9 Å². The first-order chi connectivity index (χ1) is 16.1. The maximum Gasteiger partial charge on any atom is 0.141 e. The van der Waals surface area contributed by atoms with E-state index in [2.05, 4.69) is 27.1 Å². The summed E-state index contributed by atoms with van der Waals surface area (Å²) >= 11 is 0. The Morgan fingerprint density at radius 1 is 1.03 bits per heavy atom.